The molecule has 7 nitrogen and oxygen atoms in total. The number of nitriles is 1. The van der Waals surface area contributed by atoms with Crippen molar-refractivity contribution in [3.63, 3.8) is 0 Å². The summed E-state index contributed by atoms with van der Waals surface area (Å²) in [6.07, 6.45) is -7.95. The highest BCUT2D eigenvalue weighted by Gasteiger charge is 2.38. The molecule has 0 saturated carbocycles. The van der Waals surface area contributed by atoms with Crippen molar-refractivity contribution in [1.82, 2.24) is 14.9 Å². The smallest absolute Gasteiger partial charge is 0.422 e. The highest BCUT2D eigenvalue weighted by atomic mass is 35.5. The van der Waals surface area contributed by atoms with E-state index >= 15 is 0 Å². The second kappa shape index (κ2) is 12.5. The zero-order valence-corrected chi connectivity index (χ0v) is 23.2. The Morgan fingerprint density at radius 2 is 1.82 bits per heavy atom. The Morgan fingerprint density at radius 3 is 2.38 bits per heavy atom. The van der Waals surface area contributed by atoms with Crippen molar-refractivity contribution in [2.24, 2.45) is 0 Å². The van der Waals surface area contributed by atoms with E-state index in [0.29, 0.717) is 29.8 Å². The van der Waals surface area contributed by atoms with Gasteiger partial charge in [-0.3, -0.25) is 4.90 Å². The Bertz CT molecular complexity index is 1360. The van der Waals surface area contributed by atoms with E-state index in [4.69, 9.17) is 11.6 Å². The van der Waals surface area contributed by atoms with Gasteiger partial charge in [0.05, 0.1) is 33.1 Å². The Labute approximate surface area is 233 Å². The number of hydrogen-bond acceptors (Lipinski definition) is 7. The summed E-state index contributed by atoms with van der Waals surface area (Å²) in [5, 5.41) is 8.13. The molecule has 220 valence electrons. The Morgan fingerprint density at radius 1 is 1.12 bits per heavy atom. The molecule has 1 aliphatic heterocycles. The Balaban J connectivity index is 1.93. The van der Waals surface area contributed by atoms with Crippen molar-refractivity contribution >= 4 is 21.4 Å². The lowest BCUT2D eigenvalue weighted by Gasteiger charge is -2.24. The minimum Gasteiger partial charge on any atom is -0.484 e. The van der Waals surface area contributed by atoms with Gasteiger partial charge < -0.3 is 4.74 Å². The van der Waals surface area contributed by atoms with Crippen LogP contribution < -0.4 is 4.74 Å². The van der Waals surface area contributed by atoms with Crippen LogP contribution in [-0.2, 0) is 22.9 Å². The number of ether oxygens (including phenoxy) is 1. The lowest BCUT2D eigenvalue weighted by molar-refractivity contribution is -0.153. The first-order valence-corrected chi connectivity index (χ1v) is 14.3. The molecule has 3 rings (SSSR count). The lowest BCUT2D eigenvalue weighted by atomic mass is 9.91. The van der Waals surface area contributed by atoms with Crippen molar-refractivity contribution in [3.05, 3.63) is 46.0 Å². The van der Waals surface area contributed by atoms with Crippen LogP contribution in [0.3, 0.4) is 0 Å². The maximum atomic E-state index is 13.7. The molecule has 15 heteroatoms. The molecule has 1 aromatic carbocycles. The van der Waals surface area contributed by atoms with Gasteiger partial charge in [0.15, 0.2) is 16.4 Å². The van der Waals surface area contributed by atoms with Gasteiger partial charge in [-0.2, -0.15) is 31.6 Å². The number of hydrogen-bond donors (Lipinski definition) is 0. The van der Waals surface area contributed by atoms with Gasteiger partial charge in [-0.05, 0) is 31.4 Å². The monoisotopic (exact) mass is 612 g/mol. The fraction of sp³-hybridized carbons (Fsp3) is 0.560. The van der Waals surface area contributed by atoms with Crippen molar-refractivity contribution in [2.75, 3.05) is 13.2 Å². The molecule has 2 aromatic rings. The summed E-state index contributed by atoms with van der Waals surface area (Å²) in [6, 6.07) is 5.02. The largest absolute Gasteiger partial charge is 0.484 e. The van der Waals surface area contributed by atoms with Crippen molar-refractivity contribution in [2.45, 2.75) is 81.0 Å². The van der Waals surface area contributed by atoms with Gasteiger partial charge in [0, 0.05) is 30.6 Å². The quantitative estimate of drug-likeness (QED) is 0.273. The van der Waals surface area contributed by atoms with Crippen LogP contribution in [0.25, 0.3) is 0 Å². The predicted octanol–water partition coefficient (Wildman–Crippen LogP) is 6.35. The maximum absolute atomic E-state index is 13.7. The van der Waals surface area contributed by atoms with Crippen LogP contribution in [0.4, 0.5) is 26.3 Å². The van der Waals surface area contributed by atoms with Crippen LogP contribution in [0.1, 0.15) is 68.2 Å². The molecule has 0 N–H and O–H groups in total. The fourth-order valence-corrected chi connectivity index (χ4v) is 7.23. The van der Waals surface area contributed by atoms with Crippen LogP contribution >= 0.6 is 11.6 Å². The molecule has 1 aromatic heterocycles. The van der Waals surface area contributed by atoms with Gasteiger partial charge in [-0.1, -0.05) is 31.9 Å². The lowest BCUT2D eigenvalue weighted by Crippen LogP contribution is -2.30. The molecule has 0 spiro atoms. The maximum Gasteiger partial charge on any atom is 0.422 e. The normalized spacial score (nSPS) is 15.9. The first kappa shape index (κ1) is 31.9. The predicted molar refractivity (Wildman–Crippen MR) is 133 cm³/mol. The van der Waals surface area contributed by atoms with Crippen molar-refractivity contribution < 1.29 is 39.5 Å². The van der Waals surface area contributed by atoms with Crippen molar-refractivity contribution in [1.29, 1.82) is 5.26 Å². The SMILES string of the molecule is CCCC(CC(CC)c1nc(C#N)nc2c1CN(CC(F)(F)F)C2)S(=O)(=O)c1ccc(OCC(F)(F)F)cc1Cl. The van der Waals surface area contributed by atoms with E-state index in [9.17, 15) is 40.0 Å². The minimum absolute atomic E-state index is 0.0307. The number of rotatable bonds is 11. The average molecular weight is 613 g/mol. The fourth-order valence-electron chi connectivity index (χ4n) is 4.75. The van der Waals surface area contributed by atoms with E-state index in [1.54, 1.807) is 13.8 Å². The summed E-state index contributed by atoms with van der Waals surface area (Å²) >= 11 is 6.19. The van der Waals surface area contributed by atoms with E-state index in [0.717, 1.165) is 23.1 Å². The number of alkyl halides is 6. The van der Waals surface area contributed by atoms with E-state index in [1.165, 1.54) is 0 Å². The Hall–Kier alpha value is -2.63. The molecule has 0 aliphatic carbocycles. The molecule has 0 fully saturated rings. The summed E-state index contributed by atoms with van der Waals surface area (Å²) < 4.78 is 109. The summed E-state index contributed by atoms with van der Waals surface area (Å²) in [4.78, 5) is 9.25. The standard InChI is InChI=1S/C25H27ClF6N4O3S/c1-3-5-17(40(37,38)21-7-6-16(9-19(21)26)39-14-25(30,31)32)8-15(4-2)23-18-11-36(13-24(27,28)29)12-20(18)34-22(10-33)35-23/h6-7,9,15,17H,3-5,8,11-14H2,1-2H3. The number of fused-ring (bicyclic) bond motifs is 1. The third kappa shape index (κ3) is 7.98. The van der Waals surface area contributed by atoms with E-state index < -0.39 is 46.5 Å². The molecule has 0 radical (unpaired) electrons. The highest BCUT2D eigenvalue weighted by Crippen LogP contribution is 2.38. The van der Waals surface area contributed by atoms with Gasteiger partial charge >= 0.3 is 12.4 Å². The first-order valence-electron chi connectivity index (χ1n) is 12.4. The number of nitrogens with zero attached hydrogens (tertiary/aromatic N) is 4. The molecular formula is C25H27ClF6N4O3S. The molecule has 40 heavy (non-hydrogen) atoms. The van der Waals surface area contributed by atoms with Gasteiger partial charge in [0.2, 0.25) is 5.82 Å². The number of aromatic nitrogens is 2. The minimum atomic E-state index is -4.59. The van der Waals surface area contributed by atoms with E-state index in [1.807, 2.05) is 6.07 Å². The van der Waals surface area contributed by atoms with Crippen LogP contribution in [-0.4, -0.2) is 54.0 Å². The molecule has 2 heterocycles. The third-order valence-electron chi connectivity index (χ3n) is 6.47. The molecular weight excluding hydrogens is 586 g/mol. The summed E-state index contributed by atoms with van der Waals surface area (Å²) in [7, 11) is -4.11. The number of benzene rings is 1. The molecule has 0 saturated heterocycles. The van der Waals surface area contributed by atoms with Gasteiger partial charge in [-0.15, -0.1) is 0 Å². The van der Waals surface area contributed by atoms with Gasteiger partial charge in [-0.25, -0.2) is 18.4 Å². The van der Waals surface area contributed by atoms with E-state index in [-0.39, 0.29) is 47.4 Å². The summed E-state index contributed by atoms with van der Waals surface area (Å²) in [6.45, 7) is 0.608. The molecule has 0 bridgehead atoms. The first-order chi connectivity index (χ1) is 18.6. The topological polar surface area (TPSA) is 96.2 Å². The van der Waals surface area contributed by atoms with Gasteiger partial charge in [0.1, 0.15) is 11.8 Å². The molecule has 0 amide bonds. The third-order valence-corrected chi connectivity index (χ3v) is 9.17. The summed E-state index contributed by atoms with van der Waals surface area (Å²) in [5.41, 5.74) is 1.09. The second-order valence-corrected chi connectivity index (χ2v) is 12.1. The van der Waals surface area contributed by atoms with Crippen LogP contribution in [0, 0.1) is 11.3 Å². The summed E-state index contributed by atoms with van der Waals surface area (Å²) in [5.74, 6) is -0.994. The van der Waals surface area contributed by atoms with Crippen molar-refractivity contribution in [3.8, 4) is 11.8 Å². The highest BCUT2D eigenvalue weighted by molar-refractivity contribution is 7.92. The van der Waals surface area contributed by atoms with Gasteiger partial charge in [0.25, 0.3) is 0 Å². The zero-order valence-electron chi connectivity index (χ0n) is 21.6. The Kier molecular flexibility index (Phi) is 9.95. The van der Waals surface area contributed by atoms with Crippen LogP contribution in [0.15, 0.2) is 23.1 Å². The van der Waals surface area contributed by atoms with E-state index in [2.05, 4.69) is 14.7 Å². The molecule has 2 unspecified atom stereocenters. The average Bonchev–Trinajstić information content (AvgIpc) is 3.24. The molecule has 1 aliphatic rings. The second-order valence-electron chi connectivity index (χ2n) is 9.52. The molecule has 2 atom stereocenters. The number of sulfone groups is 1. The zero-order chi connectivity index (χ0) is 29.9. The number of halogens is 7. The van der Waals surface area contributed by atoms with Crippen LogP contribution in [0.2, 0.25) is 5.02 Å². The van der Waals surface area contributed by atoms with Crippen LogP contribution in [0.5, 0.6) is 5.75 Å².